The van der Waals surface area contributed by atoms with Gasteiger partial charge in [0.25, 0.3) is 0 Å². The molecule has 0 aliphatic carbocycles. The van der Waals surface area contributed by atoms with E-state index in [4.69, 9.17) is 0 Å². The minimum absolute atomic E-state index is 0.808. The van der Waals surface area contributed by atoms with Gasteiger partial charge in [-0.15, -0.1) is 0 Å². The van der Waals surface area contributed by atoms with Crippen molar-refractivity contribution >= 4 is 32.5 Å². The van der Waals surface area contributed by atoms with Gasteiger partial charge in [-0.05, 0) is 64.2 Å². The van der Waals surface area contributed by atoms with Crippen LogP contribution in [0.5, 0.6) is 0 Å². The SMILES string of the molecule is CCCCCCCCC=CCCCCCCCC1=[N+](C)CCN1CCN1CC[N+](C)=C1CCCCCCCC=CCCCCCCCC.COS(=O)(=O)[O-].COS(=O)(=O)[O-]. The molecule has 0 saturated carbocycles. The highest BCUT2D eigenvalue weighted by Gasteiger charge is 2.32. The Labute approximate surface area is 369 Å². The van der Waals surface area contributed by atoms with Crippen LogP contribution in [0.15, 0.2) is 24.3 Å². The van der Waals surface area contributed by atoms with Gasteiger partial charge in [-0.1, -0.05) is 141 Å². The maximum Gasteiger partial charge on any atom is 0.246 e. The van der Waals surface area contributed by atoms with Gasteiger partial charge in [-0.3, -0.25) is 27.3 Å². The lowest BCUT2D eigenvalue weighted by atomic mass is 10.1. The van der Waals surface area contributed by atoms with Crippen LogP contribution in [0.1, 0.15) is 194 Å². The minimum atomic E-state index is -4.41. The molecule has 0 bridgehead atoms. The van der Waals surface area contributed by atoms with Crippen LogP contribution in [0.25, 0.3) is 0 Å². The number of allylic oxidation sites excluding steroid dienone is 4. The fraction of sp³-hybridized carbons (Fsp3) is 0.870. The quantitative estimate of drug-likeness (QED) is 0.0198. The molecular weight excluding hydrogens is 801 g/mol. The van der Waals surface area contributed by atoms with Gasteiger partial charge < -0.3 is 9.11 Å². The lowest BCUT2D eigenvalue weighted by Crippen LogP contribution is -2.39. The zero-order chi connectivity index (χ0) is 44.7. The van der Waals surface area contributed by atoms with Crippen molar-refractivity contribution in [3.05, 3.63) is 24.3 Å². The van der Waals surface area contributed by atoms with Gasteiger partial charge in [0.05, 0.1) is 28.3 Å². The van der Waals surface area contributed by atoms with Gasteiger partial charge in [-0.25, -0.2) is 16.8 Å². The first-order chi connectivity index (χ1) is 28.8. The third kappa shape index (κ3) is 35.7. The van der Waals surface area contributed by atoms with Gasteiger partial charge in [0.1, 0.15) is 39.3 Å². The first kappa shape index (κ1) is 58.2. The Balaban J connectivity index is 0.00000252. The maximum atomic E-state index is 9.22. The second-order valence-electron chi connectivity index (χ2n) is 16.5. The fourth-order valence-electron chi connectivity index (χ4n) is 7.67. The predicted molar refractivity (Wildman–Crippen MR) is 248 cm³/mol. The first-order valence-corrected chi connectivity index (χ1v) is 26.4. The van der Waals surface area contributed by atoms with Crippen LogP contribution < -0.4 is 0 Å². The van der Waals surface area contributed by atoms with Gasteiger partial charge in [0.15, 0.2) is 0 Å². The predicted octanol–water partition coefficient (Wildman–Crippen LogP) is 9.96. The Hall–Kier alpha value is -1.84. The third-order valence-electron chi connectivity index (χ3n) is 11.4. The summed E-state index contributed by atoms with van der Waals surface area (Å²) in [5.41, 5.74) is 0. The summed E-state index contributed by atoms with van der Waals surface area (Å²) < 4.78 is 67.1. The summed E-state index contributed by atoms with van der Waals surface area (Å²) >= 11 is 0. The van der Waals surface area contributed by atoms with Crippen LogP contribution in [0.2, 0.25) is 0 Å². The van der Waals surface area contributed by atoms with Gasteiger partial charge in [0.2, 0.25) is 32.5 Å². The number of hydrogen-bond acceptors (Lipinski definition) is 10. The van der Waals surface area contributed by atoms with Crippen LogP contribution in [0.4, 0.5) is 0 Å². The molecular formula is C46H90N4O8S2. The molecule has 354 valence electrons. The molecule has 2 rings (SSSR count). The summed E-state index contributed by atoms with van der Waals surface area (Å²) in [6.07, 6.45) is 48.2. The number of nitrogens with zero attached hydrogens (tertiary/aromatic N) is 4. The molecule has 0 radical (unpaired) electrons. The second kappa shape index (κ2) is 38.8. The molecule has 0 aromatic rings. The van der Waals surface area contributed by atoms with Crippen molar-refractivity contribution in [2.45, 2.75) is 194 Å². The molecule has 0 aromatic carbocycles. The topological polar surface area (TPSA) is 145 Å². The maximum absolute atomic E-state index is 9.22. The Bertz CT molecular complexity index is 1280. The molecule has 0 fully saturated rings. The molecule has 2 heterocycles. The lowest BCUT2D eigenvalue weighted by Gasteiger charge is -2.17. The number of likely N-dealkylation sites (N-methyl/N-ethyl adjacent to an activating group) is 2. The summed E-state index contributed by atoms with van der Waals surface area (Å²) in [4.78, 5) is 5.43. The smallest absolute Gasteiger partial charge is 0.246 e. The molecule has 0 unspecified atom stereocenters. The van der Waals surface area contributed by atoms with Crippen molar-refractivity contribution in [3.63, 3.8) is 0 Å². The summed E-state index contributed by atoms with van der Waals surface area (Å²) in [6, 6.07) is 0. The largest absolute Gasteiger partial charge is 0.726 e. The molecule has 14 heteroatoms. The van der Waals surface area contributed by atoms with Crippen molar-refractivity contribution < 1.29 is 43.5 Å². The summed E-state index contributed by atoms with van der Waals surface area (Å²) in [7, 11) is -2.57. The van der Waals surface area contributed by atoms with E-state index in [-0.39, 0.29) is 0 Å². The van der Waals surface area contributed by atoms with Crippen molar-refractivity contribution in [2.24, 2.45) is 0 Å². The zero-order valence-corrected chi connectivity index (χ0v) is 40.9. The second-order valence-corrected chi connectivity index (χ2v) is 18.8. The van der Waals surface area contributed by atoms with Crippen LogP contribution in [0, 0.1) is 0 Å². The number of rotatable bonds is 35. The standard InChI is InChI=1S/C44H84N4.2CH4O4S/c1-5-7-9-11-13-15-17-19-21-23-25-27-29-31-33-35-43-45(3)37-39-47(43)41-42-48-40-38-46(4)44(48)36-34-32-30-28-26-24-22-20-18-16-14-12-10-8-6-2;2*1-5-6(2,3)4/h19-22H,5-18,23-42H2,1-4H3;2*1H3,(H,2,3,4)/q+2;;/p-2. The highest BCUT2D eigenvalue weighted by molar-refractivity contribution is 7.81. The molecule has 0 spiro atoms. The fourth-order valence-corrected chi connectivity index (χ4v) is 7.67. The summed E-state index contributed by atoms with van der Waals surface area (Å²) in [6.45, 7) is 11.8. The Morgan fingerprint density at radius 3 is 1.00 bits per heavy atom. The summed E-state index contributed by atoms with van der Waals surface area (Å²) in [5.74, 6) is 3.22. The monoisotopic (exact) mass is 891 g/mol. The van der Waals surface area contributed by atoms with Crippen LogP contribution in [-0.4, -0.2) is 124 Å². The van der Waals surface area contributed by atoms with E-state index < -0.39 is 20.8 Å². The van der Waals surface area contributed by atoms with E-state index in [1.54, 1.807) is 11.7 Å². The highest BCUT2D eigenvalue weighted by Crippen LogP contribution is 2.16. The molecule has 12 nitrogen and oxygen atoms in total. The average Bonchev–Trinajstić information content (AvgIpc) is 3.76. The Morgan fingerprint density at radius 2 is 0.733 bits per heavy atom. The molecule has 0 saturated heterocycles. The van der Waals surface area contributed by atoms with E-state index in [1.807, 2.05) is 0 Å². The van der Waals surface area contributed by atoms with E-state index >= 15 is 0 Å². The molecule has 2 aliphatic rings. The average molecular weight is 891 g/mol. The normalized spacial score (nSPS) is 14.8. The summed E-state index contributed by atoms with van der Waals surface area (Å²) in [5, 5.41) is 0. The van der Waals surface area contributed by atoms with E-state index in [0.29, 0.717) is 0 Å². The molecule has 2 aliphatic heterocycles. The van der Waals surface area contributed by atoms with Crippen molar-refractivity contribution in [3.8, 4) is 0 Å². The van der Waals surface area contributed by atoms with Crippen LogP contribution >= 0.6 is 0 Å². The van der Waals surface area contributed by atoms with E-state index in [0.717, 1.165) is 14.2 Å². The number of unbranched alkanes of at least 4 members (excludes halogenated alkanes) is 22. The molecule has 60 heavy (non-hydrogen) atoms. The molecule has 0 amide bonds. The zero-order valence-electron chi connectivity index (χ0n) is 39.2. The first-order valence-electron chi connectivity index (χ1n) is 23.8. The van der Waals surface area contributed by atoms with Crippen LogP contribution in [-0.2, 0) is 29.2 Å². The van der Waals surface area contributed by atoms with Gasteiger partial charge >= 0.3 is 0 Å². The minimum Gasteiger partial charge on any atom is -0.726 e. The van der Waals surface area contributed by atoms with E-state index in [1.165, 1.54) is 219 Å². The van der Waals surface area contributed by atoms with E-state index in [9.17, 15) is 25.9 Å². The van der Waals surface area contributed by atoms with Crippen molar-refractivity contribution in [2.75, 3.05) is 67.6 Å². The molecule has 0 atom stereocenters. The Morgan fingerprint density at radius 1 is 0.483 bits per heavy atom. The van der Waals surface area contributed by atoms with Crippen molar-refractivity contribution in [1.29, 1.82) is 0 Å². The number of amidine groups is 2. The Kier molecular flexibility index (Phi) is 37.6. The van der Waals surface area contributed by atoms with Gasteiger partial charge in [0, 0.05) is 12.8 Å². The van der Waals surface area contributed by atoms with Crippen LogP contribution in [0.3, 0.4) is 0 Å². The van der Waals surface area contributed by atoms with E-state index in [2.05, 4.69) is 79.6 Å². The molecule has 0 N–H and O–H groups in total. The molecule has 0 aromatic heterocycles. The lowest BCUT2D eigenvalue weighted by molar-refractivity contribution is -0.487. The van der Waals surface area contributed by atoms with Crippen molar-refractivity contribution in [1.82, 2.24) is 9.80 Å². The highest BCUT2D eigenvalue weighted by atomic mass is 32.3. The van der Waals surface area contributed by atoms with Gasteiger partial charge in [-0.2, -0.15) is 0 Å². The number of hydrogen-bond donors (Lipinski definition) is 0. The third-order valence-corrected chi connectivity index (χ3v) is 12.2.